The topological polar surface area (TPSA) is 29.3 Å². The van der Waals surface area contributed by atoms with Crippen molar-refractivity contribution in [2.75, 3.05) is 20.6 Å². The third kappa shape index (κ3) is 2.89. The SMILES string of the molecule is CN(C)C(C)(CN)Cc1cccc(Cl)c1Cl. The Kier molecular flexibility index (Phi) is 4.62. The van der Waals surface area contributed by atoms with E-state index in [9.17, 15) is 0 Å². The summed E-state index contributed by atoms with van der Waals surface area (Å²) in [4.78, 5) is 2.12. The van der Waals surface area contributed by atoms with E-state index in [4.69, 9.17) is 28.9 Å². The van der Waals surface area contributed by atoms with Crippen LogP contribution in [-0.2, 0) is 6.42 Å². The van der Waals surface area contributed by atoms with E-state index in [0.717, 1.165) is 12.0 Å². The summed E-state index contributed by atoms with van der Waals surface area (Å²) in [6, 6.07) is 5.70. The predicted octanol–water partition coefficient (Wildman–Crippen LogP) is 2.81. The Morgan fingerprint density at radius 2 is 1.94 bits per heavy atom. The molecule has 1 atom stereocenters. The van der Waals surface area contributed by atoms with Crippen LogP contribution >= 0.6 is 23.2 Å². The molecule has 0 bridgehead atoms. The maximum Gasteiger partial charge on any atom is 0.0624 e. The molecule has 0 aliphatic heterocycles. The number of nitrogens with zero attached hydrogens (tertiary/aromatic N) is 1. The summed E-state index contributed by atoms with van der Waals surface area (Å²) >= 11 is 12.2. The van der Waals surface area contributed by atoms with Crippen LogP contribution < -0.4 is 5.73 Å². The van der Waals surface area contributed by atoms with Crippen LogP contribution in [0.15, 0.2) is 18.2 Å². The molecule has 4 heteroatoms. The average Bonchev–Trinajstić information content (AvgIpc) is 2.24. The highest BCUT2D eigenvalue weighted by atomic mass is 35.5. The number of nitrogens with two attached hydrogens (primary N) is 1. The van der Waals surface area contributed by atoms with Crippen molar-refractivity contribution in [2.45, 2.75) is 18.9 Å². The van der Waals surface area contributed by atoms with Gasteiger partial charge in [0.25, 0.3) is 0 Å². The third-order valence-corrected chi connectivity index (χ3v) is 3.98. The van der Waals surface area contributed by atoms with Gasteiger partial charge in [-0.15, -0.1) is 0 Å². The van der Waals surface area contributed by atoms with Crippen LogP contribution in [0.1, 0.15) is 12.5 Å². The highest BCUT2D eigenvalue weighted by Gasteiger charge is 2.26. The Labute approximate surface area is 107 Å². The Balaban J connectivity index is 2.99. The van der Waals surface area contributed by atoms with Crippen molar-refractivity contribution < 1.29 is 0 Å². The summed E-state index contributed by atoms with van der Waals surface area (Å²) in [5.74, 6) is 0. The molecule has 2 nitrogen and oxygen atoms in total. The van der Waals surface area contributed by atoms with Gasteiger partial charge in [-0.1, -0.05) is 35.3 Å². The van der Waals surface area contributed by atoms with Crippen LogP contribution in [0.2, 0.25) is 10.0 Å². The van der Waals surface area contributed by atoms with Crippen LogP contribution in [0.25, 0.3) is 0 Å². The van der Waals surface area contributed by atoms with Gasteiger partial charge in [-0.05, 0) is 39.1 Å². The van der Waals surface area contributed by atoms with Crippen molar-refractivity contribution in [2.24, 2.45) is 5.73 Å². The lowest BCUT2D eigenvalue weighted by molar-refractivity contribution is 0.181. The van der Waals surface area contributed by atoms with Gasteiger partial charge in [0.05, 0.1) is 10.0 Å². The molecule has 16 heavy (non-hydrogen) atoms. The van der Waals surface area contributed by atoms with Crippen molar-refractivity contribution in [3.05, 3.63) is 33.8 Å². The maximum atomic E-state index is 6.17. The molecule has 0 radical (unpaired) electrons. The van der Waals surface area contributed by atoms with E-state index in [0.29, 0.717) is 16.6 Å². The Hall–Kier alpha value is -0.280. The van der Waals surface area contributed by atoms with Crippen LogP contribution in [-0.4, -0.2) is 31.1 Å². The normalized spacial score (nSPS) is 15.2. The number of likely N-dealkylation sites (N-methyl/N-ethyl adjacent to an activating group) is 1. The quantitative estimate of drug-likeness (QED) is 0.903. The van der Waals surface area contributed by atoms with E-state index in [-0.39, 0.29) is 5.54 Å². The molecule has 0 aliphatic rings. The fraction of sp³-hybridized carbons (Fsp3) is 0.500. The largest absolute Gasteiger partial charge is 0.329 e. The third-order valence-electron chi connectivity index (χ3n) is 3.12. The molecule has 0 heterocycles. The maximum absolute atomic E-state index is 6.17. The predicted molar refractivity (Wildman–Crippen MR) is 71.3 cm³/mol. The smallest absolute Gasteiger partial charge is 0.0624 e. The number of halogens is 2. The second-order valence-corrected chi connectivity index (χ2v) is 5.27. The van der Waals surface area contributed by atoms with E-state index >= 15 is 0 Å². The number of hydrogen-bond acceptors (Lipinski definition) is 2. The van der Waals surface area contributed by atoms with Gasteiger partial charge in [-0.3, -0.25) is 0 Å². The molecule has 0 aromatic heterocycles. The van der Waals surface area contributed by atoms with Gasteiger partial charge in [0.2, 0.25) is 0 Å². The van der Waals surface area contributed by atoms with Crippen molar-refractivity contribution in [3.63, 3.8) is 0 Å². The zero-order valence-electron chi connectivity index (χ0n) is 9.93. The molecule has 0 aliphatic carbocycles. The summed E-state index contributed by atoms with van der Waals surface area (Å²) < 4.78 is 0. The van der Waals surface area contributed by atoms with Gasteiger partial charge >= 0.3 is 0 Å². The molecule has 0 saturated carbocycles. The lowest BCUT2D eigenvalue weighted by Crippen LogP contribution is -2.49. The van der Waals surface area contributed by atoms with Crippen LogP contribution in [0.5, 0.6) is 0 Å². The first-order valence-electron chi connectivity index (χ1n) is 5.21. The fourth-order valence-electron chi connectivity index (χ4n) is 1.51. The van der Waals surface area contributed by atoms with Crippen LogP contribution in [0.4, 0.5) is 0 Å². The molecule has 1 aromatic carbocycles. The zero-order chi connectivity index (χ0) is 12.3. The minimum Gasteiger partial charge on any atom is -0.329 e. The highest BCUT2D eigenvalue weighted by molar-refractivity contribution is 6.42. The van der Waals surface area contributed by atoms with E-state index in [2.05, 4.69) is 11.8 Å². The van der Waals surface area contributed by atoms with Crippen molar-refractivity contribution >= 4 is 23.2 Å². The minimum absolute atomic E-state index is 0.103. The molecule has 0 fully saturated rings. The van der Waals surface area contributed by atoms with Crippen molar-refractivity contribution in [3.8, 4) is 0 Å². The number of rotatable bonds is 4. The molecule has 0 saturated heterocycles. The summed E-state index contributed by atoms with van der Waals surface area (Å²) in [6.45, 7) is 2.69. The minimum atomic E-state index is -0.103. The Bertz CT molecular complexity index is 366. The number of benzene rings is 1. The van der Waals surface area contributed by atoms with Gasteiger partial charge in [0, 0.05) is 12.1 Å². The number of hydrogen-bond donors (Lipinski definition) is 1. The summed E-state index contributed by atoms with van der Waals surface area (Å²) in [5, 5.41) is 1.22. The lowest BCUT2D eigenvalue weighted by atomic mass is 9.91. The van der Waals surface area contributed by atoms with Crippen molar-refractivity contribution in [1.82, 2.24) is 4.90 Å². The molecular weight excluding hydrogens is 243 g/mol. The second-order valence-electron chi connectivity index (χ2n) is 4.49. The molecule has 1 rings (SSSR count). The molecule has 2 N–H and O–H groups in total. The first kappa shape index (κ1) is 13.8. The Morgan fingerprint density at radius 3 is 2.44 bits per heavy atom. The summed E-state index contributed by atoms with van der Waals surface area (Å²) in [7, 11) is 4.04. The van der Waals surface area contributed by atoms with Gasteiger partial charge in [0.1, 0.15) is 0 Å². The Morgan fingerprint density at radius 1 is 1.31 bits per heavy atom. The zero-order valence-corrected chi connectivity index (χ0v) is 11.4. The first-order valence-corrected chi connectivity index (χ1v) is 5.96. The monoisotopic (exact) mass is 260 g/mol. The molecule has 0 spiro atoms. The molecular formula is C12H18Cl2N2. The first-order chi connectivity index (χ1) is 7.40. The van der Waals surface area contributed by atoms with E-state index in [1.54, 1.807) is 6.07 Å². The molecule has 1 aromatic rings. The summed E-state index contributed by atoms with van der Waals surface area (Å²) in [5.41, 5.74) is 6.76. The van der Waals surface area contributed by atoms with E-state index in [1.165, 1.54) is 0 Å². The van der Waals surface area contributed by atoms with Gasteiger partial charge in [-0.2, -0.15) is 0 Å². The van der Waals surface area contributed by atoms with E-state index in [1.807, 2.05) is 26.2 Å². The van der Waals surface area contributed by atoms with Gasteiger partial charge in [-0.25, -0.2) is 0 Å². The van der Waals surface area contributed by atoms with E-state index < -0.39 is 0 Å². The molecule has 1 unspecified atom stereocenters. The molecule has 0 amide bonds. The van der Waals surface area contributed by atoms with Gasteiger partial charge < -0.3 is 10.6 Å². The average molecular weight is 261 g/mol. The molecule has 90 valence electrons. The van der Waals surface area contributed by atoms with Gasteiger partial charge in [0.15, 0.2) is 0 Å². The highest BCUT2D eigenvalue weighted by Crippen LogP contribution is 2.29. The standard InChI is InChI=1S/C12H18Cl2N2/c1-12(8-15,16(2)3)7-9-5-4-6-10(13)11(9)14/h4-6H,7-8,15H2,1-3H3. The lowest BCUT2D eigenvalue weighted by Gasteiger charge is -2.35. The summed E-state index contributed by atoms with van der Waals surface area (Å²) in [6.07, 6.45) is 0.788. The van der Waals surface area contributed by atoms with Crippen LogP contribution in [0, 0.1) is 0 Å². The fourth-order valence-corrected chi connectivity index (χ4v) is 1.90. The second kappa shape index (κ2) is 5.37. The van der Waals surface area contributed by atoms with Crippen molar-refractivity contribution in [1.29, 1.82) is 0 Å². The van der Waals surface area contributed by atoms with Crippen LogP contribution in [0.3, 0.4) is 0 Å².